The molecule has 1 aromatic heterocycles. The van der Waals surface area contributed by atoms with Gasteiger partial charge in [-0.05, 0) is 81.2 Å². The molecule has 1 atom stereocenters. The first-order valence-corrected chi connectivity index (χ1v) is 10.1. The number of hydrogen-bond acceptors (Lipinski definition) is 6. The van der Waals surface area contributed by atoms with E-state index in [1.807, 2.05) is 6.92 Å². The second kappa shape index (κ2) is 6.34. The van der Waals surface area contributed by atoms with Gasteiger partial charge >= 0.3 is 5.97 Å². The van der Waals surface area contributed by atoms with Gasteiger partial charge in [0.25, 0.3) is 5.91 Å². The maximum atomic E-state index is 12.7. The molecule has 0 spiro atoms. The zero-order valence-electron chi connectivity index (χ0n) is 14.8. The van der Waals surface area contributed by atoms with Crippen LogP contribution in [0.15, 0.2) is 0 Å². The first kappa shape index (κ1) is 16.9. The summed E-state index contributed by atoms with van der Waals surface area (Å²) in [6, 6.07) is 0. The van der Waals surface area contributed by atoms with Crippen LogP contribution in [-0.4, -0.2) is 33.1 Å². The third-order valence-corrected chi connectivity index (χ3v) is 6.90. The summed E-state index contributed by atoms with van der Waals surface area (Å²) in [7, 11) is 0. The summed E-state index contributed by atoms with van der Waals surface area (Å²) >= 11 is 1.02. The summed E-state index contributed by atoms with van der Waals surface area (Å²) in [6.07, 6.45) is 7.08. The van der Waals surface area contributed by atoms with Gasteiger partial charge in [0, 0.05) is 5.54 Å². The van der Waals surface area contributed by atoms with Gasteiger partial charge in [0.05, 0.1) is 5.69 Å². The van der Waals surface area contributed by atoms with E-state index < -0.39 is 12.1 Å². The highest BCUT2D eigenvalue weighted by Gasteiger charge is 2.51. The molecule has 5 rings (SSSR count). The number of ether oxygens (including phenoxy) is 1. The van der Waals surface area contributed by atoms with Crippen molar-refractivity contribution in [1.82, 2.24) is 14.9 Å². The molecule has 1 N–H and O–H groups in total. The Bertz CT molecular complexity index is 652. The van der Waals surface area contributed by atoms with E-state index in [1.165, 1.54) is 19.3 Å². The minimum Gasteiger partial charge on any atom is -0.448 e. The lowest BCUT2D eigenvalue weighted by Gasteiger charge is -2.57. The van der Waals surface area contributed by atoms with E-state index in [1.54, 1.807) is 6.92 Å². The molecule has 0 aromatic carbocycles. The van der Waals surface area contributed by atoms with Gasteiger partial charge in [-0.15, -0.1) is 5.10 Å². The monoisotopic (exact) mass is 363 g/mol. The second-order valence-corrected chi connectivity index (χ2v) is 8.89. The van der Waals surface area contributed by atoms with E-state index in [2.05, 4.69) is 14.9 Å². The highest BCUT2D eigenvalue weighted by atomic mass is 32.1. The Morgan fingerprint density at radius 2 is 1.84 bits per heavy atom. The van der Waals surface area contributed by atoms with Crippen LogP contribution < -0.4 is 5.32 Å². The molecule has 1 aromatic rings. The van der Waals surface area contributed by atoms with E-state index in [0.717, 1.165) is 48.5 Å². The van der Waals surface area contributed by atoms with Gasteiger partial charge < -0.3 is 10.1 Å². The molecule has 4 fully saturated rings. The van der Waals surface area contributed by atoms with Crippen LogP contribution >= 0.6 is 11.5 Å². The lowest BCUT2D eigenvalue weighted by atomic mass is 9.53. The number of aryl methyl sites for hydroxylation is 1. The average Bonchev–Trinajstić information content (AvgIpc) is 3.01. The van der Waals surface area contributed by atoms with Crippen molar-refractivity contribution in [3.8, 4) is 0 Å². The van der Waals surface area contributed by atoms with Crippen LogP contribution in [-0.2, 0) is 16.0 Å². The number of carbonyl (C=O) groups is 2. The molecule has 136 valence electrons. The molecule has 7 heteroatoms. The summed E-state index contributed by atoms with van der Waals surface area (Å²) in [5.41, 5.74) is 0.566. The first-order chi connectivity index (χ1) is 12.0. The van der Waals surface area contributed by atoms with Gasteiger partial charge in [0.15, 0.2) is 11.0 Å². The van der Waals surface area contributed by atoms with Gasteiger partial charge in [-0.25, -0.2) is 4.79 Å². The van der Waals surface area contributed by atoms with Gasteiger partial charge in [0.1, 0.15) is 0 Å². The molecule has 25 heavy (non-hydrogen) atoms. The number of nitrogens with zero attached hydrogens (tertiary/aromatic N) is 2. The van der Waals surface area contributed by atoms with Crippen molar-refractivity contribution in [2.75, 3.05) is 0 Å². The quantitative estimate of drug-likeness (QED) is 0.814. The number of aromatic nitrogens is 2. The summed E-state index contributed by atoms with van der Waals surface area (Å²) in [4.78, 5) is 25.4. The van der Waals surface area contributed by atoms with Crippen LogP contribution in [0.5, 0.6) is 0 Å². The van der Waals surface area contributed by atoms with Crippen LogP contribution in [0.2, 0.25) is 0 Å². The van der Waals surface area contributed by atoms with E-state index in [9.17, 15) is 9.59 Å². The van der Waals surface area contributed by atoms with Crippen LogP contribution in [0.1, 0.15) is 67.7 Å². The van der Waals surface area contributed by atoms with Gasteiger partial charge in [-0.3, -0.25) is 4.79 Å². The minimum absolute atomic E-state index is 0.0624. The van der Waals surface area contributed by atoms with Gasteiger partial charge in [0.2, 0.25) is 0 Å². The highest BCUT2D eigenvalue weighted by Crippen LogP contribution is 2.55. The molecule has 4 aliphatic carbocycles. The smallest absolute Gasteiger partial charge is 0.352 e. The van der Waals surface area contributed by atoms with Crippen molar-refractivity contribution in [3.63, 3.8) is 0 Å². The predicted molar refractivity (Wildman–Crippen MR) is 93.2 cm³/mol. The SMILES string of the molecule is CCc1nnsc1C(=O)O[C@H](C)C(=O)NC12CC3CC(CC(C3)C1)C2. The van der Waals surface area contributed by atoms with E-state index in [4.69, 9.17) is 4.74 Å². The largest absolute Gasteiger partial charge is 0.448 e. The standard InChI is InChI=1S/C18H25N3O3S/c1-3-14-15(25-21-20-14)17(23)24-10(2)16(22)19-18-7-11-4-12(8-18)6-13(5-11)9-18/h10-13H,3-9H2,1-2H3,(H,19,22)/t10-,11?,12?,13?,18?/m1/s1. The molecule has 6 nitrogen and oxygen atoms in total. The molecule has 0 radical (unpaired) electrons. The van der Waals surface area contributed by atoms with Crippen LogP contribution in [0.3, 0.4) is 0 Å². The van der Waals surface area contributed by atoms with Crippen LogP contribution in [0.4, 0.5) is 0 Å². The van der Waals surface area contributed by atoms with Crippen molar-refractivity contribution in [2.45, 2.75) is 70.4 Å². The topological polar surface area (TPSA) is 81.2 Å². The molecule has 0 unspecified atom stereocenters. The average molecular weight is 363 g/mol. The van der Waals surface area contributed by atoms with E-state index in [0.29, 0.717) is 17.0 Å². The lowest BCUT2D eigenvalue weighted by molar-refractivity contribution is -0.134. The molecule has 4 aliphatic rings. The first-order valence-electron chi connectivity index (χ1n) is 9.32. The molecule has 0 aliphatic heterocycles. The van der Waals surface area contributed by atoms with Crippen LogP contribution in [0, 0.1) is 17.8 Å². The molecule has 1 heterocycles. The molecule has 0 saturated heterocycles. The predicted octanol–water partition coefficient (Wildman–Crippen LogP) is 2.73. The van der Waals surface area contributed by atoms with Crippen LogP contribution in [0.25, 0.3) is 0 Å². The number of amides is 1. The number of hydrogen-bond donors (Lipinski definition) is 1. The fraction of sp³-hybridized carbons (Fsp3) is 0.778. The highest BCUT2D eigenvalue weighted by molar-refractivity contribution is 7.07. The molecular weight excluding hydrogens is 338 g/mol. The molecule has 4 bridgehead atoms. The zero-order chi connectivity index (χ0) is 17.6. The van der Waals surface area contributed by atoms with Crippen molar-refractivity contribution in [3.05, 3.63) is 10.6 Å². The van der Waals surface area contributed by atoms with E-state index in [-0.39, 0.29) is 11.4 Å². The summed E-state index contributed by atoms with van der Waals surface area (Å²) in [6.45, 7) is 3.56. The Morgan fingerprint density at radius 1 is 1.24 bits per heavy atom. The summed E-state index contributed by atoms with van der Waals surface area (Å²) < 4.78 is 9.20. The normalized spacial score (nSPS) is 33.9. The van der Waals surface area contributed by atoms with Gasteiger partial charge in [-0.2, -0.15) is 0 Å². The fourth-order valence-electron chi connectivity index (χ4n) is 5.49. The Morgan fingerprint density at radius 3 is 2.40 bits per heavy atom. The third kappa shape index (κ3) is 3.18. The third-order valence-electron chi connectivity index (χ3n) is 6.16. The number of esters is 1. The Labute approximate surface area is 151 Å². The summed E-state index contributed by atoms with van der Waals surface area (Å²) in [5, 5.41) is 7.18. The molecular formula is C18H25N3O3S. The number of rotatable bonds is 5. The maximum Gasteiger partial charge on any atom is 0.352 e. The Balaban J connectivity index is 1.39. The zero-order valence-corrected chi connectivity index (χ0v) is 15.6. The minimum atomic E-state index is -0.799. The van der Waals surface area contributed by atoms with Crippen molar-refractivity contribution in [2.24, 2.45) is 17.8 Å². The molecule has 1 amide bonds. The van der Waals surface area contributed by atoms with Crippen molar-refractivity contribution >= 4 is 23.4 Å². The van der Waals surface area contributed by atoms with Gasteiger partial charge in [-0.1, -0.05) is 11.4 Å². The number of carbonyl (C=O) groups excluding carboxylic acids is 2. The Kier molecular flexibility index (Phi) is 4.30. The second-order valence-electron chi connectivity index (χ2n) is 8.14. The Hall–Kier alpha value is -1.50. The molecule has 4 saturated carbocycles. The van der Waals surface area contributed by atoms with Crippen molar-refractivity contribution in [1.29, 1.82) is 0 Å². The van der Waals surface area contributed by atoms with Crippen molar-refractivity contribution < 1.29 is 14.3 Å². The summed E-state index contributed by atoms with van der Waals surface area (Å²) in [5.74, 6) is 1.62. The fourth-order valence-corrected chi connectivity index (χ4v) is 6.12. The van der Waals surface area contributed by atoms with E-state index >= 15 is 0 Å². The number of nitrogens with one attached hydrogen (secondary N) is 1. The lowest BCUT2D eigenvalue weighted by Crippen LogP contribution is -2.61. The maximum absolute atomic E-state index is 12.7.